The Morgan fingerprint density at radius 2 is 0.400 bits per heavy atom. The third-order valence-electron chi connectivity index (χ3n) is 5.10. The van der Waals surface area contributed by atoms with Crippen molar-refractivity contribution in [3.63, 3.8) is 0 Å². The molecule has 0 amide bonds. The maximum Gasteiger partial charge on any atom is 0.647 e. The summed E-state index contributed by atoms with van der Waals surface area (Å²) in [6.07, 6.45) is 0. The van der Waals surface area contributed by atoms with Crippen molar-refractivity contribution in [2.75, 3.05) is 0 Å². The maximum atomic E-state index is 13.7. The molecule has 0 spiro atoms. The summed E-state index contributed by atoms with van der Waals surface area (Å²) < 4.78 is 61.3. The van der Waals surface area contributed by atoms with Gasteiger partial charge in [0.25, 0.3) is 0 Å². The lowest BCUT2D eigenvalue weighted by molar-refractivity contribution is 0.294. The van der Waals surface area contributed by atoms with Crippen molar-refractivity contribution in [3.8, 4) is 34.5 Å². The Kier molecular flexibility index (Phi) is 24.7. The molecule has 0 fully saturated rings. The first-order valence-electron chi connectivity index (χ1n) is 17.1. The molecule has 0 heterocycles. The van der Waals surface area contributed by atoms with E-state index in [-0.39, 0.29) is 11.5 Å². The van der Waals surface area contributed by atoms with Crippen molar-refractivity contribution in [2.45, 2.75) is 69.2 Å². The molecule has 0 aliphatic heterocycles. The van der Waals surface area contributed by atoms with E-state index in [9.17, 15) is 9.13 Å². The van der Waals surface area contributed by atoms with E-state index >= 15 is 0 Å². The van der Waals surface area contributed by atoms with E-state index in [0.29, 0.717) is 23.0 Å². The second kappa shape index (κ2) is 27.2. The Bertz CT molecular complexity index is 1370. The normalized spacial score (nSPS) is 9.56. The molecule has 0 bridgehead atoms. The standard InChI is InChI=1S/C30H24O8P2.5C2H6/c31-39(33-25-13-5-1-6-14-25,34-26-15-7-2-8-16-26)37-29-21-23-30(24-22-29)38-40(32,35-27-17-9-3-10-18-27)36-28-19-11-4-12-20-28;5*1-2/h1-24H;5*1-2H3. The van der Waals surface area contributed by atoms with Gasteiger partial charge in [-0.05, 0) is 72.8 Å². The van der Waals surface area contributed by atoms with Crippen molar-refractivity contribution >= 4 is 15.6 Å². The van der Waals surface area contributed by atoms with E-state index in [1.807, 2.05) is 69.2 Å². The summed E-state index contributed by atoms with van der Waals surface area (Å²) in [7, 11) is -8.36. The number of rotatable bonds is 12. The zero-order chi connectivity index (χ0) is 37.7. The van der Waals surface area contributed by atoms with Crippen molar-refractivity contribution in [3.05, 3.63) is 146 Å². The molecule has 0 N–H and O–H groups in total. The predicted molar refractivity (Wildman–Crippen MR) is 208 cm³/mol. The smallest absolute Gasteiger partial charge is 0.386 e. The molecule has 0 unspecified atom stereocenters. The van der Waals surface area contributed by atoms with E-state index in [1.165, 1.54) is 24.3 Å². The molecule has 0 aliphatic rings. The largest absolute Gasteiger partial charge is 0.647 e. The fraction of sp³-hybridized carbons (Fsp3) is 0.250. The van der Waals surface area contributed by atoms with E-state index in [0.717, 1.165) is 0 Å². The maximum absolute atomic E-state index is 13.7. The second-order valence-electron chi connectivity index (χ2n) is 8.17. The van der Waals surface area contributed by atoms with E-state index in [2.05, 4.69) is 0 Å². The molecular formula is C40H54O8P2. The molecule has 5 rings (SSSR count). The number of hydrogen-bond acceptors (Lipinski definition) is 8. The molecule has 272 valence electrons. The summed E-state index contributed by atoms with van der Waals surface area (Å²) in [4.78, 5) is 0. The minimum absolute atomic E-state index is 0.158. The molecule has 8 nitrogen and oxygen atoms in total. The van der Waals surface area contributed by atoms with Crippen molar-refractivity contribution in [1.29, 1.82) is 0 Å². The molecule has 10 heteroatoms. The Labute approximate surface area is 300 Å². The highest BCUT2D eigenvalue weighted by Crippen LogP contribution is 2.52. The first-order valence-corrected chi connectivity index (χ1v) is 20.1. The van der Waals surface area contributed by atoms with E-state index in [4.69, 9.17) is 27.1 Å². The number of para-hydroxylation sites is 4. The summed E-state index contributed by atoms with van der Waals surface area (Å²) in [6.45, 7) is 20.0. The van der Waals surface area contributed by atoms with Gasteiger partial charge >= 0.3 is 15.6 Å². The van der Waals surface area contributed by atoms with Crippen LogP contribution in [-0.2, 0) is 9.13 Å². The van der Waals surface area contributed by atoms with Crippen molar-refractivity contribution in [1.82, 2.24) is 0 Å². The Balaban J connectivity index is 0.00000221. The number of hydrogen-bond donors (Lipinski definition) is 0. The van der Waals surface area contributed by atoms with Gasteiger partial charge in [0, 0.05) is 0 Å². The van der Waals surface area contributed by atoms with E-state index < -0.39 is 15.6 Å². The average molecular weight is 725 g/mol. The monoisotopic (exact) mass is 724 g/mol. The Hall–Kier alpha value is -4.64. The van der Waals surface area contributed by atoms with Gasteiger partial charge in [0.2, 0.25) is 0 Å². The molecule has 0 saturated heterocycles. The third kappa shape index (κ3) is 17.1. The van der Waals surface area contributed by atoms with Crippen LogP contribution < -0.4 is 27.1 Å². The van der Waals surface area contributed by atoms with Crippen LogP contribution in [0.25, 0.3) is 0 Å². The lowest BCUT2D eigenvalue weighted by atomic mass is 10.3. The summed E-state index contributed by atoms with van der Waals surface area (Å²) in [6, 6.07) is 40.1. The number of benzene rings is 5. The Morgan fingerprint density at radius 1 is 0.260 bits per heavy atom. The SMILES string of the molecule is CC.CC.CC.CC.CC.O=P(Oc1ccccc1)(Oc1ccccc1)Oc1ccc(OP(=O)(Oc2ccccc2)Oc2ccccc2)cc1. The highest BCUT2D eigenvalue weighted by molar-refractivity contribution is 7.50. The third-order valence-corrected chi connectivity index (χ3v) is 7.71. The van der Waals surface area contributed by atoms with Gasteiger partial charge in [-0.1, -0.05) is 142 Å². The van der Waals surface area contributed by atoms with Crippen LogP contribution in [0.15, 0.2) is 146 Å². The second-order valence-corrected chi connectivity index (χ2v) is 11.1. The molecule has 0 radical (unpaired) electrons. The van der Waals surface area contributed by atoms with Crippen LogP contribution in [0.1, 0.15) is 69.2 Å². The van der Waals surface area contributed by atoms with Crippen LogP contribution in [0.3, 0.4) is 0 Å². The van der Waals surface area contributed by atoms with Crippen molar-refractivity contribution < 1.29 is 36.3 Å². The van der Waals surface area contributed by atoms with Crippen LogP contribution in [0.2, 0.25) is 0 Å². The van der Waals surface area contributed by atoms with Gasteiger partial charge in [0.1, 0.15) is 34.5 Å². The van der Waals surface area contributed by atoms with E-state index in [1.54, 1.807) is 121 Å². The molecule has 0 saturated carbocycles. The van der Waals surface area contributed by atoms with Gasteiger partial charge in [0.15, 0.2) is 0 Å². The zero-order valence-electron chi connectivity index (χ0n) is 31.0. The van der Waals surface area contributed by atoms with Gasteiger partial charge in [-0.3, -0.25) is 0 Å². The quantitative estimate of drug-likeness (QED) is 0.117. The lowest BCUT2D eigenvalue weighted by Gasteiger charge is -2.20. The fourth-order valence-corrected chi connectivity index (χ4v) is 5.88. The number of phosphoric acid groups is 2. The number of phosphoric ester groups is 2. The van der Waals surface area contributed by atoms with Gasteiger partial charge in [-0.25, -0.2) is 0 Å². The minimum Gasteiger partial charge on any atom is -0.386 e. The highest BCUT2D eigenvalue weighted by atomic mass is 31.2. The highest BCUT2D eigenvalue weighted by Gasteiger charge is 2.35. The molecule has 5 aromatic rings. The summed E-state index contributed by atoms with van der Waals surface area (Å²) in [5.74, 6) is 1.53. The molecule has 0 aromatic heterocycles. The van der Waals surface area contributed by atoms with Gasteiger partial charge in [-0.2, -0.15) is 9.13 Å². The van der Waals surface area contributed by atoms with Crippen LogP contribution in [0.5, 0.6) is 34.5 Å². The molecule has 50 heavy (non-hydrogen) atoms. The molecule has 0 atom stereocenters. The Morgan fingerprint density at radius 3 is 0.560 bits per heavy atom. The zero-order valence-corrected chi connectivity index (χ0v) is 32.8. The molecule has 0 aliphatic carbocycles. The molecule has 5 aromatic carbocycles. The summed E-state index contributed by atoms with van der Waals surface area (Å²) in [5.41, 5.74) is 0. The molecular weight excluding hydrogens is 670 g/mol. The topological polar surface area (TPSA) is 89.5 Å². The fourth-order valence-electron chi connectivity index (χ4n) is 3.37. The van der Waals surface area contributed by atoms with Crippen LogP contribution in [0, 0.1) is 0 Å². The van der Waals surface area contributed by atoms with Gasteiger partial charge < -0.3 is 27.1 Å². The first kappa shape index (κ1) is 45.4. The summed E-state index contributed by atoms with van der Waals surface area (Å²) in [5, 5.41) is 0. The van der Waals surface area contributed by atoms with Crippen LogP contribution in [0.4, 0.5) is 0 Å². The van der Waals surface area contributed by atoms with Gasteiger partial charge in [-0.15, -0.1) is 0 Å². The minimum atomic E-state index is -4.18. The lowest BCUT2D eigenvalue weighted by Crippen LogP contribution is -2.08. The van der Waals surface area contributed by atoms with Crippen molar-refractivity contribution in [2.24, 2.45) is 0 Å². The average Bonchev–Trinajstić information content (AvgIpc) is 3.18. The van der Waals surface area contributed by atoms with Gasteiger partial charge in [0.05, 0.1) is 0 Å². The first-order chi connectivity index (χ1) is 24.5. The summed E-state index contributed by atoms with van der Waals surface area (Å²) >= 11 is 0. The van der Waals surface area contributed by atoms with Crippen LogP contribution in [-0.4, -0.2) is 0 Å². The van der Waals surface area contributed by atoms with Crippen LogP contribution >= 0.6 is 15.6 Å². The predicted octanol–water partition coefficient (Wildman–Crippen LogP) is 14.1.